The van der Waals surface area contributed by atoms with E-state index in [1.165, 1.54) is 11.1 Å². The molecule has 6 aromatic rings. The van der Waals surface area contributed by atoms with Gasteiger partial charge in [0.1, 0.15) is 23.9 Å². The van der Waals surface area contributed by atoms with Gasteiger partial charge in [0.15, 0.2) is 11.5 Å². The number of methoxy groups -OCH3 is 2. The lowest BCUT2D eigenvalue weighted by Crippen LogP contribution is -2.47. The molecule has 0 radical (unpaired) electrons. The summed E-state index contributed by atoms with van der Waals surface area (Å²) in [5, 5.41) is 0. The first-order valence-electron chi connectivity index (χ1n) is 19.3. The van der Waals surface area contributed by atoms with Crippen LogP contribution in [0.4, 0.5) is 0 Å². The first-order chi connectivity index (χ1) is 28.3. The van der Waals surface area contributed by atoms with Crippen molar-refractivity contribution in [3.05, 3.63) is 131 Å². The van der Waals surface area contributed by atoms with Crippen molar-refractivity contribution >= 4 is 45.9 Å². The van der Waals surface area contributed by atoms with Gasteiger partial charge in [0.25, 0.3) is 0 Å². The highest BCUT2D eigenvalue weighted by Crippen LogP contribution is 2.41. The summed E-state index contributed by atoms with van der Waals surface area (Å²) in [6, 6.07) is 29.7. The summed E-state index contributed by atoms with van der Waals surface area (Å²) in [6.45, 7) is 8.79. The molecule has 4 aromatic carbocycles. The predicted molar refractivity (Wildman–Crippen MR) is 234 cm³/mol. The van der Waals surface area contributed by atoms with Gasteiger partial charge in [-0.25, -0.2) is 9.97 Å². The lowest BCUT2D eigenvalue weighted by atomic mass is 10.1. The second kappa shape index (κ2) is 20.7. The molecule has 1 saturated heterocycles. The molecule has 2 aromatic heterocycles. The second-order valence-corrected chi connectivity index (χ2v) is 15.0. The zero-order chi connectivity index (χ0) is 40.3. The summed E-state index contributed by atoms with van der Waals surface area (Å²) in [5.41, 5.74) is 7.09. The highest BCUT2D eigenvalue weighted by atomic mass is 35.5. The minimum absolute atomic E-state index is 0. The van der Waals surface area contributed by atoms with Crippen LogP contribution in [0.5, 0.6) is 40.4 Å². The number of piperazine rings is 1. The molecular formula is C46H49ClN4O7S. The highest BCUT2D eigenvalue weighted by molar-refractivity contribution is 7.16. The standard InChI is InChI=1S/C46H48N4O7S.ClH/c1-32(2)56-38-13-11-37(12-14-38)54-24-19-33-5-7-34(8-6-33)29-49-20-22-50(23-21-49)45(51)18-10-35-25-41(52-3)46(42(26-35)53-4)57-44-17-15-39(28-47-44)55-30-36-9-16-40-43(27-36)58-31-48-40;/h5-18,25-28,31-32H,19-24,29-30H2,1-4H3;1H. The van der Waals surface area contributed by atoms with Gasteiger partial charge in [0.2, 0.25) is 17.5 Å². The van der Waals surface area contributed by atoms with Gasteiger partial charge < -0.3 is 33.3 Å². The quantitative estimate of drug-likeness (QED) is 0.0826. The average molecular weight is 837 g/mol. The largest absolute Gasteiger partial charge is 0.493 e. The Kier molecular flexibility index (Phi) is 15.0. The summed E-state index contributed by atoms with van der Waals surface area (Å²) in [6.07, 6.45) is 5.95. The SMILES string of the molecule is COc1cc(C=CC(=O)N2CCN(Cc3ccc(CCOc4ccc(OC(C)C)cc4)cc3)CC2)cc(OC)c1Oc1ccc(OCc2ccc3ncsc3c2)cn1.Cl. The van der Waals surface area contributed by atoms with Crippen molar-refractivity contribution in [2.24, 2.45) is 0 Å². The molecule has 308 valence electrons. The van der Waals surface area contributed by atoms with E-state index < -0.39 is 0 Å². The van der Waals surface area contributed by atoms with Gasteiger partial charge in [-0.15, -0.1) is 23.7 Å². The van der Waals surface area contributed by atoms with E-state index in [9.17, 15) is 4.79 Å². The maximum atomic E-state index is 13.2. The van der Waals surface area contributed by atoms with Crippen LogP contribution in [0.2, 0.25) is 0 Å². The maximum absolute atomic E-state index is 13.2. The van der Waals surface area contributed by atoms with Crippen LogP contribution in [0.15, 0.2) is 109 Å². The summed E-state index contributed by atoms with van der Waals surface area (Å²) < 4.78 is 36.2. The summed E-state index contributed by atoms with van der Waals surface area (Å²) in [4.78, 5) is 26.2. The molecule has 7 rings (SSSR count). The fraction of sp³-hybridized carbons (Fsp3) is 0.283. The molecule has 11 nitrogen and oxygen atoms in total. The average Bonchev–Trinajstić information content (AvgIpc) is 3.72. The molecule has 13 heteroatoms. The van der Waals surface area contributed by atoms with E-state index in [2.05, 4.69) is 45.2 Å². The highest BCUT2D eigenvalue weighted by Gasteiger charge is 2.20. The van der Waals surface area contributed by atoms with Crippen molar-refractivity contribution in [1.82, 2.24) is 19.8 Å². The molecule has 1 aliphatic heterocycles. The molecule has 0 bridgehead atoms. The van der Waals surface area contributed by atoms with Crippen LogP contribution >= 0.6 is 23.7 Å². The van der Waals surface area contributed by atoms with Crippen LogP contribution in [0.3, 0.4) is 0 Å². The van der Waals surface area contributed by atoms with Crippen LogP contribution < -0.4 is 28.4 Å². The van der Waals surface area contributed by atoms with E-state index in [0.717, 1.165) is 58.9 Å². The predicted octanol–water partition coefficient (Wildman–Crippen LogP) is 9.27. The van der Waals surface area contributed by atoms with Gasteiger partial charge in [-0.05, 0) is 96.8 Å². The molecule has 1 amide bonds. The zero-order valence-electron chi connectivity index (χ0n) is 33.7. The number of pyridine rings is 1. The van der Waals surface area contributed by atoms with Crippen molar-refractivity contribution < 1.29 is 33.2 Å². The molecule has 59 heavy (non-hydrogen) atoms. The number of thiazole rings is 1. The maximum Gasteiger partial charge on any atom is 0.246 e. The van der Waals surface area contributed by atoms with Gasteiger partial charge in [0, 0.05) is 51.3 Å². The lowest BCUT2D eigenvalue weighted by molar-refractivity contribution is -0.127. The van der Waals surface area contributed by atoms with Crippen molar-refractivity contribution in [3.63, 3.8) is 0 Å². The number of carbonyl (C=O) groups excluding carboxylic acids is 1. The Labute approximate surface area is 355 Å². The van der Waals surface area contributed by atoms with Gasteiger partial charge >= 0.3 is 0 Å². The molecule has 0 saturated carbocycles. The van der Waals surface area contributed by atoms with Crippen LogP contribution in [-0.2, 0) is 24.4 Å². The summed E-state index contributed by atoms with van der Waals surface area (Å²) in [5.74, 6) is 3.87. The third-order valence-corrected chi connectivity index (χ3v) is 10.4. The number of fused-ring (bicyclic) bond motifs is 1. The Morgan fingerprint density at radius 1 is 0.780 bits per heavy atom. The van der Waals surface area contributed by atoms with Crippen molar-refractivity contribution in [1.29, 1.82) is 0 Å². The number of benzene rings is 4. The molecule has 1 aliphatic rings. The van der Waals surface area contributed by atoms with Crippen molar-refractivity contribution in [2.45, 2.75) is 39.5 Å². The smallest absolute Gasteiger partial charge is 0.246 e. The zero-order valence-corrected chi connectivity index (χ0v) is 35.3. The number of ether oxygens (including phenoxy) is 6. The first kappa shape index (κ1) is 42.8. The molecule has 0 atom stereocenters. The van der Waals surface area contributed by atoms with Gasteiger partial charge in [0.05, 0.1) is 48.9 Å². The third kappa shape index (κ3) is 11.9. The lowest BCUT2D eigenvalue weighted by Gasteiger charge is -2.34. The minimum Gasteiger partial charge on any atom is -0.493 e. The topological polar surface area (TPSA) is 105 Å². The van der Waals surface area contributed by atoms with E-state index in [0.29, 0.717) is 55.2 Å². The summed E-state index contributed by atoms with van der Waals surface area (Å²) >= 11 is 1.60. The Morgan fingerprint density at radius 3 is 2.14 bits per heavy atom. The van der Waals surface area contributed by atoms with Crippen molar-refractivity contribution in [3.8, 4) is 40.4 Å². The number of hydrogen-bond donors (Lipinski definition) is 0. The monoisotopic (exact) mass is 836 g/mol. The fourth-order valence-corrected chi connectivity index (χ4v) is 7.25. The molecule has 0 aliphatic carbocycles. The van der Waals surface area contributed by atoms with Gasteiger partial charge in [-0.3, -0.25) is 9.69 Å². The van der Waals surface area contributed by atoms with E-state index >= 15 is 0 Å². The Bertz CT molecular complexity index is 2270. The fourth-order valence-electron chi connectivity index (χ4n) is 6.51. The van der Waals surface area contributed by atoms with Gasteiger partial charge in [-0.2, -0.15) is 0 Å². The van der Waals surface area contributed by atoms with Crippen LogP contribution in [0, 0.1) is 0 Å². The first-order valence-corrected chi connectivity index (χ1v) is 20.2. The number of halogens is 1. The number of hydrogen-bond acceptors (Lipinski definition) is 11. The molecule has 1 fully saturated rings. The summed E-state index contributed by atoms with van der Waals surface area (Å²) in [7, 11) is 3.12. The number of carbonyl (C=O) groups is 1. The van der Waals surface area contributed by atoms with E-state index in [1.54, 1.807) is 68.2 Å². The third-order valence-electron chi connectivity index (χ3n) is 9.59. The van der Waals surface area contributed by atoms with Crippen LogP contribution in [-0.4, -0.2) is 78.8 Å². The Balaban J connectivity index is 0.00000585. The van der Waals surface area contributed by atoms with E-state index in [1.807, 2.05) is 60.7 Å². The molecule has 3 heterocycles. The molecular weight excluding hydrogens is 788 g/mol. The molecule has 0 N–H and O–H groups in total. The van der Waals surface area contributed by atoms with Crippen LogP contribution in [0.25, 0.3) is 16.3 Å². The van der Waals surface area contributed by atoms with E-state index in [-0.39, 0.29) is 24.4 Å². The molecule has 0 spiro atoms. The number of amides is 1. The van der Waals surface area contributed by atoms with Crippen molar-refractivity contribution in [2.75, 3.05) is 47.0 Å². The normalized spacial score (nSPS) is 13.0. The molecule has 0 unspecified atom stereocenters. The Hall–Kier alpha value is -5.82. The minimum atomic E-state index is -0.0418. The Morgan fingerprint density at radius 2 is 1.46 bits per heavy atom. The number of rotatable bonds is 17. The number of aromatic nitrogens is 2. The second-order valence-electron chi connectivity index (χ2n) is 14.1. The van der Waals surface area contributed by atoms with Crippen LogP contribution in [0.1, 0.15) is 36.1 Å². The number of nitrogens with zero attached hydrogens (tertiary/aromatic N) is 4. The van der Waals surface area contributed by atoms with Gasteiger partial charge in [-0.1, -0.05) is 30.3 Å². The van der Waals surface area contributed by atoms with E-state index in [4.69, 9.17) is 28.4 Å².